The molecule has 0 atom stereocenters. The van der Waals surface area contributed by atoms with E-state index in [1.54, 1.807) is 12.3 Å². The molecule has 0 aliphatic carbocycles. The maximum atomic E-state index is 5.16. The van der Waals surface area contributed by atoms with Crippen molar-refractivity contribution in [2.24, 2.45) is 0 Å². The first-order valence-electron chi connectivity index (χ1n) is 11.4. The number of allylic oxidation sites excluding steroid dienone is 2. The van der Waals surface area contributed by atoms with Crippen molar-refractivity contribution in [1.82, 2.24) is 24.9 Å². The fourth-order valence-corrected chi connectivity index (χ4v) is 4.72. The van der Waals surface area contributed by atoms with E-state index in [2.05, 4.69) is 75.9 Å². The summed E-state index contributed by atoms with van der Waals surface area (Å²) in [5.74, 6) is 0.815. The fourth-order valence-electron chi connectivity index (χ4n) is 4.72. The summed E-state index contributed by atoms with van der Waals surface area (Å²) in [6, 6.07) is 18.4. The largest absolute Gasteiger partial charge is 0.357 e. The Morgan fingerprint density at radius 1 is 0.853 bits per heavy atom. The van der Waals surface area contributed by atoms with E-state index in [0.717, 1.165) is 73.2 Å². The van der Waals surface area contributed by atoms with Crippen molar-refractivity contribution < 1.29 is 0 Å². The molecule has 5 heteroatoms. The van der Waals surface area contributed by atoms with Crippen LogP contribution in [0.25, 0.3) is 61.6 Å². The molecule has 34 heavy (non-hydrogen) atoms. The number of nitrogens with one attached hydrogen (secondary N) is 2. The van der Waals surface area contributed by atoms with Gasteiger partial charge in [0.25, 0.3) is 0 Å². The Balaban J connectivity index is 1.73. The monoisotopic (exact) mass is 441 g/mol. The molecule has 0 saturated heterocycles. The molecular weight excluding hydrogens is 418 g/mol. The van der Waals surface area contributed by atoms with Crippen LogP contribution in [0.2, 0.25) is 0 Å². The molecular formula is C29H23N5. The number of H-pyrrole nitrogens is 2. The number of pyridine rings is 2. The second kappa shape index (κ2) is 8.12. The molecule has 0 spiro atoms. The van der Waals surface area contributed by atoms with Gasteiger partial charge in [0.05, 0.1) is 33.3 Å². The van der Waals surface area contributed by atoms with Gasteiger partial charge in [-0.25, -0.2) is 4.98 Å². The Morgan fingerprint density at radius 3 is 2.32 bits per heavy atom. The average Bonchev–Trinajstić information content (AvgIpc) is 3.50. The maximum Gasteiger partial charge on any atom is 0.141 e. The SMILES string of the molecule is C=C/C=C\c1c(CC)[nH]c(-c2ccccc2)c1-c1nc2c3cccnc3c3ncccc3c2[nH]1. The number of aromatic amines is 2. The Morgan fingerprint density at radius 2 is 1.59 bits per heavy atom. The van der Waals surface area contributed by atoms with Crippen molar-refractivity contribution >= 4 is 38.9 Å². The number of rotatable bonds is 5. The van der Waals surface area contributed by atoms with Crippen LogP contribution in [0, 0.1) is 0 Å². The Hall–Kier alpha value is -4.51. The molecule has 0 unspecified atom stereocenters. The molecule has 4 aromatic heterocycles. The van der Waals surface area contributed by atoms with Crippen LogP contribution in [0.15, 0.2) is 85.7 Å². The number of fused-ring (bicyclic) bond motifs is 6. The predicted octanol–water partition coefficient (Wildman–Crippen LogP) is 7.08. The highest BCUT2D eigenvalue weighted by molar-refractivity contribution is 6.21. The van der Waals surface area contributed by atoms with E-state index in [-0.39, 0.29) is 0 Å². The topological polar surface area (TPSA) is 70.2 Å². The molecule has 164 valence electrons. The second-order valence-corrected chi connectivity index (χ2v) is 8.19. The first kappa shape index (κ1) is 20.1. The molecule has 2 aromatic carbocycles. The number of aromatic nitrogens is 5. The van der Waals surface area contributed by atoms with Gasteiger partial charge in [0.1, 0.15) is 5.82 Å². The minimum atomic E-state index is 0.815. The zero-order chi connectivity index (χ0) is 23.1. The molecule has 0 fully saturated rings. The van der Waals surface area contributed by atoms with E-state index in [1.165, 1.54) is 0 Å². The lowest BCUT2D eigenvalue weighted by molar-refractivity contribution is 1.06. The maximum absolute atomic E-state index is 5.16. The van der Waals surface area contributed by atoms with Gasteiger partial charge in [-0.2, -0.15) is 0 Å². The van der Waals surface area contributed by atoms with Crippen LogP contribution in [0.3, 0.4) is 0 Å². The Bertz CT molecular complexity index is 1630. The molecule has 0 radical (unpaired) electrons. The third-order valence-corrected chi connectivity index (χ3v) is 6.24. The summed E-state index contributed by atoms with van der Waals surface area (Å²) < 4.78 is 0. The van der Waals surface area contributed by atoms with Gasteiger partial charge in [-0.3, -0.25) is 9.97 Å². The van der Waals surface area contributed by atoms with Crippen LogP contribution >= 0.6 is 0 Å². The van der Waals surface area contributed by atoms with Crippen LogP contribution < -0.4 is 0 Å². The summed E-state index contributed by atoms with van der Waals surface area (Å²) in [5, 5.41) is 2.00. The number of nitrogens with zero attached hydrogens (tertiary/aromatic N) is 3. The summed E-state index contributed by atoms with van der Waals surface area (Å²) >= 11 is 0. The fraction of sp³-hybridized carbons (Fsp3) is 0.0690. The van der Waals surface area contributed by atoms with Gasteiger partial charge in [0.15, 0.2) is 0 Å². The van der Waals surface area contributed by atoms with Gasteiger partial charge < -0.3 is 9.97 Å². The van der Waals surface area contributed by atoms with E-state index in [9.17, 15) is 0 Å². The van der Waals surface area contributed by atoms with Gasteiger partial charge in [-0.1, -0.05) is 62.1 Å². The molecule has 6 aromatic rings. The van der Waals surface area contributed by atoms with Crippen molar-refractivity contribution in [3.63, 3.8) is 0 Å². The standard InChI is InChI=1S/C29H23N5/c1-3-5-13-19-22(4-2)32-24(18-11-7-6-8-12-18)23(19)29-33-27-20-14-9-16-30-25(20)26-21(28(27)34-29)15-10-17-31-26/h3,5-17,32H,1,4H2,2H3,(H,33,34)/b13-5-. The number of aryl methyl sites for hydroxylation is 1. The molecule has 6 rings (SSSR count). The average molecular weight is 442 g/mol. The third kappa shape index (κ3) is 3.05. The molecule has 2 N–H and O–H groups in total. The number of hydrogen-bond donors (Lipinski definition) is 2. The van der Waals surface area contributed by atoms with Crippen molar-refractivity contribution in [2.75, 3.05) is 0 Å². The van der Waals surface area contributed by atoms with Gasteiger partial charge in [-0.05, 0) is 36.2 Å². The molecule has 4 heterocycles. The minimum Gasteiger partial charge on any atom is -0.357 e. The van der Waals surface area contributed by atoms with Crippen LogP contribution in [-0.2, 0) is 6.42 Å². The highest BCUT2D eigenvalue weighted by Gasteiger charge is 2.22. The summed E-state index contributed by atoms with van der Waals surface area (Å²) in [4.78, 5) is 21.8. The van der Waals surface area contributed by atoms with E-state index in [4.69, 9.17) is 4.98 Å². The van der Waals surface area contributed by atoms with Gasteiger partial charge in [0, 0.05) is 34.4 Å². The Labute approximate surface area is 196 Å². The van der Waals surface area contributed by atoms with Crippen molar-refractivity contribution in [2.45, 2.75) is 13.3 Å². The lowest BCUT2D eigenvalue weighted by atomic mass is 10.0. The summed E-state index contributed by atoms with van der Waals surface area (Å²) in [7, 11) is 0. The van der Waals surface area contributed by atoms with Gasteiger partial charge in [0.2, 0.25) is 0 Å². The third-order valence-electron chi connectivity index (χ3n) is 6.24. The molecule has 0 bridgehead atoms. The normalized spacial score (nSPS) is 11.8. The number of benzene rings is 2. The molecule has 0 saturated carbocycles. The quantitative estimate of drug-likeness (QED) is 0.222. The zero-order valence-electron chi connectivity index (χ0n) is 18.8. The van der Waals surface area contributed by atoms with E-state index in [1.807, 2.05) is 30.5 Å². The Kier molecular flexibility index (Phi) is 4.81. The van der Waals surface area contributed by atoms with Crippen LogP contribution in [0.1, 0.15) is 18.2 Å². The molecule has 5 nitrogen and oxygen atoms in total. The van der Waals surface area contributed by atoms with Crippen LogP contribution in [-0.4, -0.2) is 24.9 Å². The minimum absolute atomic E-state index is 0.815. The van der Waals surface area contributed by atoms with Crippen molar-refractivity contribution in [3.8, 4) is 22.6 Å². The lowest BCUT2D eigenvalue weighted by Crippen LogP contribution is -1.87. The van der Waals surface area contributed by atoms with Gasteiger partial charge in [-0.15, -0.1) is 0 Å². The highest BCUT2D eigenvalue weighted by Crippen LogP contribution is 2.39. The first-order chi connectivity index (χ1) is 16.8. The summed E-state index contributed by atoms with van der Waals surface area (Å²) in [5.41, 5.74) is 9.09. The molecule has 0 aliphatic heterocycles. The van der Waals surface area contributed by atoms with Crippen molar-refractivity contribution in [1.29, 1.82) is 0 Å². The number of hydrogen-bond acceptors (Lipinski definition) is 3. The molecule has 0 aliphatic rings. The highest BCUT2D eigenvalue weighted by atomic mass is 14.9. The second-order valence-electron chi connectivity index (χ2n) is 8.19. The number of imidazole rings is 1. The molecule has 0 amide bonds. The summed E-state index contributed by atoms with van der Waals surface area (Å²) in [6.07, 6.45) is 10.4. The first-order valence-corrected chi connectivity index (χ1v) is 11.4. The van der Waals surface area contributed by atoms with E-state index < -0.39 is 0 Å². The van der Waals surface area contributed by atoms with Gasteiger partial charge >= 0.3 is 0 Å². The smallest absolute Gasteiger partial charge is 0.141 e. The van der Waals surface area contributed by atoms with Crippen LogP contribution in [0.4, 0.5) is 0 Å². The zero-order valence-corrected chi connectivity index (χ0v) is 18.8. The van der Waals surface area contributed by atoms with E-state index in [0.29, 0.717) is 0 Å². The van der Waals surface area contributed by atoms with Crippen molar-refractivity contribution in [3.05, 3.63) is 97.0 Å². The van der Waals surface area contributed by atoms with Crippen LogP contribution in [0.5, 0.6) is 0 Å². The summed E-state index contributed by atoms with van der Waals surface area (Å²) in [6.45, 7) is 6.03. The van der Waals surface area contributed by atoms with E-state index >= 15 is 0 Å². The predicted molar refractivity (Wildman–Crippen MR) is 141 cm³/mol. The lowest BCUT2D eigenvalue weighted by Gasteiger charge is -2.04.